The maximum Gasteiger partial charge on any atom is 0.243 e. The number of carbonyl (C=O) groups is 1. The molecule has 1 aliphatic heterocycles. The van der Waals surface area contributed by atoms with E-state index in [2.05, 4.69) is 9.62 Å². The highest BCUT2D eigenvalue weighted by molar-refractivity contribution is 7.89. The summed E-state index contributed by atoms with van der Waals surface area (Å²) in [5.41, 5.74) is 1.08. The minimum absolute atomic E-state index is 0.00144. The van der Waals surface area contributed by atoms with E-state index < -0.39 is 28.6 Å². The third kappa shape index (κ3) is 5.06. The average Bonchev–Trinajstić information content (AvgIpc) is 2.78. The van der Waals surface area contributed by atoms with Crippen LogP contribution in [0.5, 0.6) is 5.75 Å². The highest BCUT2D eigenvalue weighted by atomic mass is 32.2. The quantitative estimate of drug-likeness (QED) is 0.685. The number of hydrogen-bond acceptors (Lipinski definition) is 6. The van der Waals surface area contributed by atoms with Crippen LogP contribution in [-0.2, 0) is 14.8 Å². The predicted octanol–water partition coefficient (Wildman–Crippen LogP) is 0.683. The summed E-state index contributed by atoms with van der Waals surface area (Å²) >= 11 is 0. The second kappa shape index (κ2) is 9.25. The van der Waals surface area contributed by atoms with Gasteiger partial charge in [0.15, 0.2) is 0 Å². The summed E-state index contributed by atoms with van der Waals surface area (Å²) in [7, 11) is -2.47. The maximum absolute atomic E-state index is 12.8. The molecule has 156 valence electrons. The molecular formula is C20H25N3O5S. The van der Waals surface area contributed by atoms with Crippen molar-refractivity contribution in [3.05, 3.63) is 54.6 Å². The number of nitrogens with zero attached hydrogens (tertiary/aromatic N) is 2. The van der Waals surface area contributed by atoms with Crippen LogP contribution >= 0.6 is 0 Å². The molecule has 1 fully saturated rings. The van der Waals surface area contributed by atoms with Crippen molar-refractivity contribution in [2.24, 2.45) is 0 Å². The van der Waals surface area contributed by atoms with Gasteiger partial charge in [0.1, 0.15) is 11.8 Å². The number of aliphatic hydroxyl groups is 1. The van der Waals surface area contributed by atoms with Crippen molar-refractivity contribution < 1.29 is 23.1 Å². The molecule has 1 atom stereocenters. The van der Waals surface area contributed by atoms with Gasteiger partial charge in [0, 0.05) is 31.9 Å². The number of amides is 1. The Labute approximate surface area is 170 Å². The fourth-order valence-corrected chi connectivity index (χ4v) is 4.40. The number of piperazine rings is 1. The van der Waals surface area contributed by atoms with Gasteiger partial charge in [-0.2, -0.15) is 4.72 Å². The molecule has 2 N–H and O–H groups in total. The van der Waals surface area contributed by atoms with Gasteiger partial charge in [-0.25, -0.2) is 8.42 Å². The van der Waals surface area contributed by atoms with Gasteiger partial charge in [-0.05, 0) is 36.4 Å². The first kappa shape index (κ1) is 21.1. The van der Waals surface area contributed by atoms with Crippen molar-refractivity contribution in [3.8, 4) is 5.75 Å². The molecule has 0 aromatic heterocycles. The summed E-state index contributed by atoms with van der Waals surface area (Å²) in [6, 6.07) is 14.5. The normalized spacial score (nSPS) is 15.8. The van der Waals surface area contributed by atoms with Crippen LogP contribution in [0.4, 0.5) is 5.69 Å². The number of nitrogens with one attached hydrogen (secondary N) is 1. The van der Waals surface area contributed by atoms with E-state index in [4.69, 9.17) is 4.74 Å². The molecule has 3 rings (SSSR count). The average molecular weight is 420 g/mol. The van der Waals surface area contributed by atoms with Crippen LogP contribution in [0.2, 0.25) is 0 Å². The van der Waals surface area contributed by atoms with Crippen LogP contribution in [0.15, 0.2) is 59.5 Å². The van der Waals surface area contributed by atoms with Gasteiger partial charge in [0.2, 0.25) is 15.9 Å². The number of anilines is 1. The molecule has 2 aromatic rings. The second-order valence-electron chi connectivity index (χ2n) is 6.68. The molecule has 0 radical (unpaired) electrons. The Morgan fingerprint density at radius 1 is 1.07 bits per heavy atom. The first-order valence-electron chi connectivity index (χ1n) is 9.30. The summed E-state index contributed by atoms with van der Waals surface area (Å²) in [6.45, 7) is 1.56. The predicted molar refractivity (Wildman–Crippen MR) is 109 cm³/mol. The molecular weight excluding hydrogens is 394 g/mol. The highest BCUT2D eigenvalue weighted by Gasteiger charge is 2.30. The largest absolute Gasteiger partial charge is 0.497 e. The van der Waals surface area contributed by atoms with Crippen LogP contribution in [0.1, 0.15) is 0 Å². The van der Waals surface area contributed by atoms with E-state index in [0.717, 1.165) is 5.69 Å². The number of benzene rings is 2. The Morgan fingerprint density at radius 2 is 1.69 bits per heavy atom. The molecule has 0 bridgehead atoms. The van der Waals surface area contributed by atoms with Crippen molar-refractivity contribution >= 4 is 21.6 Å². The Kier molecular flexibility index (Phi) is 6.73. The Morgan fingerprint density at radius 3 is 2.24 bits per heavy atom. The third-order valence-electron chi connectivity index (χ3n) is 4.86. The van der Waals surface area contributed by atoms with Crippen LogP contribution in [0.25, 0.3) is 0 Å². The molecule has 0 spiro atoms. The van der Waals surface area contributed by atoms with Gasteiger partial charge in [-0.3, -0.25) is 4.79 Å². The summed E-state index contributed by atoms with van der Waals surface area (Å²) in [6.07, 6.45) is 0. The summed E-state index contributed by atoms with van der Waals surface area (Å²) in [5, 5.41) is 9.64. The first-order chi connectivity index (χ1) is 13.9. The summed E-state index contributed by atoms with van der Waals surface area (Å²) in [4.78, 5) is 16.5. The topological polar surface area (TPSA) is 99.2 Å². The maximum atomic E-state index is 12.8. The zero-order chi connectivity index (χ0) is 20.9. The van der Waals surface area contributed by atoms with Gasteiger partial charge < -0.3 is 19.6 Å². The zero-order valence-electron chi connectivity index (χ0n) is 16.2. The van der Waals surface area contributed by atoms with Crippen LogP contribution < -0.4 is 14.4 Å². The lowest BCUT2D eigenvalue weighted by molar-refractivity contribution is -0.134. The smallest absolute Gasteiger partial charge is 0.243 e. The fraction of sp³-hybridized carbons (Fsp3) is 0.350. The number of methoxy groups -OCH3 is 1. The van der Waals surface area contributed by atoms with E-state index in [0.29, 0.717) is 31.9 Å². The van der Waals surface area contributed by atoms with Crippen molar-refractivity contribution in [2.75, 3.05) is 44.8 Å². The Bertz CT molecular complexity index is 911. The standard InChI is InChI=1S/C20H25N3O5S/c1-28-17-7-9-18(10-8-17)29(26,27)21-19(15-24)20(25)23-13-11-22(12-14-23)16-5-3-2-4-6-16/h2-10,19,21,24H,11-15H2,1H3. The van der Waals surface area contributed by atoms with Crippen molar-refractivity contribution in [2.45, 2.75) is 10.9 Å². The van der Waals surface area contributed by atoms with Crippen LogP contribution in [0.3, 0.4) is 0 Å². The molecule has 2 aromatic carbocycles. The van der Waals surface area contributed by atoms with Gasteiger partial charge in [0.05, 0.1) is 18.6 Å². The zero-order valence-corrected chi connectivity index (χ0v) is 17.0. The van der Waals surface area contributed by atoms with Gasteiger partial charge >= 0.3 is 0 Å². The van der Waals surface area contributed by atoms with Crippen LogP contribution in [0, 0.1) is 0 Å². The third-order valence-corrected chi connectivity index (χ3v) is 6.35. The minimum Gasteiger partial charge on any atom is -0.497 e. The second-order valence-corrected chi connectivity index (χ2v) is 8.39. The molecule has 1 heterocycles. The molecule has 29 heavy (non-hydrogen) atoms. The van der Waals surface area contributed by atoms with E-state index in [1.54, 1.807) is 4.90 Å². The van der Waals surface area contributed by atoms with E-state index in [9.17, 15) is 18.3 Å². The number of sulfonamides is 1. The minimum atomic E-state index is -3.96. The Balaban J connectivity index is 1.63. The number of ether oxygens (including phenoxy) is 1. The van der Waals surface area contributed by atoms with E-state index in [1.807, 2.05) is 30.3 Å². The first-order valence-corrected chi connectivity index (χ1v) is 10.8. The fourth-order valence-electron chi connectivity index (χ4n) is 3.22. The number of rotatable bonds is 7. The summed E-state index contributed by atoms with van der Waals surface area (Å²) in [5.74, 6) is 0.0901. The number of hydrogen-bond donors (Lipinski definition) is 2. The van der Waals surface area contributed by atoms with Gasteiger partial charge in [0.25, 0.3) is 0 Å². The molecule has 0 saturated carbocycles. The molecule has 1 saturated heterocycles. The molecule has 9 heteroatoms. The van der Waals surface area contributed by atoms with Crippen molar-refractivity contribution in [1.29, 1.82) is 0 Å². The number of aliphatic hydroxyl groups excluding tert-OH is 1. The molecule has 1 aliphatic rings. The SMILES string of the molecule is COc1ccc(S(=O)(=O)NC(CO)C(=O)N2CCN(c3ccccc3)CC2)cc1. The molecule has 8 nitrogen and oxygen atoms in total. The van der Waals surface area contributed by atoms with E-state index >= 15 is 0 Å². The van der Waals surface area contributed by atoms with Gasteiger partial charge in [-0.15, -0.1) is 0 Å². The Hall–Kier alpha value is -2.62. The van der Waals surface area contributed by atoms with Gasteiger partial charge in [-0.1, -0.05) is 18.2 Å². The lowest BCUT2D eigenvalue weighted by Gasteiger charge is -2.37. The monoisotopic (exact) mass is 419 g/mol. The van der Waals surface area contributed by atoms with Crippen molar-refractivity contribution in [1.82, 2.24) is 9.62 Å². The number of carbonyl (C=O) groups excluding carboxylic acids is 1. The molecule has 1 unspecified atom stereocenters. The number of para-hydroxylation sites is 1. The molecule has 1 amide bonds. The van der Waals surface area contributed by atoms with Crippen LogP contribution in [-0.4, -0.2) is 70.3 Å². The summed E-state index contributed by atoms with van der Waals surface area (Å²) < 4.78 is 32.5. The lowest BCUT2D eigenvalue weighted by Crippen LogP contribution is -2.56. The van der Waals surface area contributed by atoms with E-state index in [-0.39, 0.29) is 4.90 Å². The highest BCUT2D eigenvalue weighted by Crippen LogP contribution is 2.18. The lowest BCUT2D eigenvalue weighted by atomic mass is 10.2. The molecule has 0 aliphatic carbocycles. The van der Waals surface area contributed by atoms with Crippen molar-refractivity contribution in [3.63, 3.8) is 0 Å². The van der Waals surface area contributed by atoms with E-state index in [1.165, 1.54) is 31.4 Å².